The van der Waals surface area contributed by atoms with Crippen molar-refractivity contribution in [1.29, 1.82) is 0 Å². The van der Waals surface area contributed by atoms with Crippen molar-refractivity contribution in [2.75, 3.05) is 0 Å². The van der Waals surface area contributed by atoms with E-state index in [1.165, 1.54) is 0 Å². The molecule has 10 heteroatoms. The van der Waals surface area contributed by atoms with E-state index in [9.17, 15) is 18.9 Å². The van der Waals surface area contributed by atoms with Gasteiger partial charge in [-0.1, -0.05) is 0 Å². The summed E-state index contributed by atoms with van der Waals surface area (Å²) in [6.07, 6.45) is 0. The number of rotatable bonds is 2. The molecule has 0 aromatic rings. The van der Waals surface area contributed by atoms with Gasteiger partial charge >= 0.3 is 0 Å². The summed E-state index contributed by atoms with van der Waals surface area (Å²) in [6.45, 7) is 0. The van der Waals surface area contributed by atoms with Crippen LogP contribution in [0.25, 0.3) is 0 Å². The van der Waals surface area contributed by atoms with Crippen LogP contribution in [0.5, 0.6) is 0 Å². The molecule has 0 saturated heterocycles. The molecule has 0 radical (unpaired) electrons. The van der Waals surface area contributed by atoms with Crippen LogP contribution in [-0.2, 0) is 9.13 Å². The Balaban J connectivity index is 5.08. The van der Waals surface area contributed by atoms with E-state index in [2.05, 4.69) is 0 Å². The molecule has 0 bridgehead atoms. The van der Waals surface area contributed by atoms with Crippen molar-refractivity contribution < 1.29 is 38.9 Å². The largest absolute Gasteiger partial charge is 0.774 e. The van der Waals surface area contributed by atoms with E-state index in [1.807, 2.05) is 0 Å². The summed E-state index contributed by atoms with van der Waals surface area (Å²) in [4.78, 5) is 35.4. The second kappa shape index (κ2) is 2.62. The molecule has 0 amide bonds. The van der Waals surface area contributed by atoms with Crippen molar-refractivity contribution in [2.45, 2.75) is 5.27 Å². The molecule has 4 N–H and O–H groups in total. The van der Waals surface area contributed by atoms with Gasteiger partial charge in [-0.25, -0.2) is 0 Å². The fourth-order valence-electron chi connectivity index (χ4n) is 0.160. The first-order valence-corrected chi connectivity index (χ1v) is 5.18. The SMILES string of the molecule is O=P([O-])(O)C(O)(O)P(=O)([O-])O. The van der Waals surface area contributed by atoms with Crippen LogP contribution in [0.1, 0.15) is 0 Å². The first-order valence-electron chi connectivity index (χ1n) is 2.02. The average molecular weight is 206 g/mol. The minimum absolute atomic E-state index is 4.51. The topological polar surface area (TPSA) is 161 Å². The predicted octanol–water partition coefficient (Wildman–Crippen LogP) is -3.33. The molecule has 0 spiro atoms. The van der Waals surface area contributed by atoms with Crippen molar-refractivity contribution in [3.63, 3.8) is 0 Å². The zero-order valence-corrected chi connectivity index (χ0v) is 6.61. The van der Waals surface area contributed by atoms with Gasteiger partial charge in [0.1, 0.15) is 0 Å². The maximum atomic E-state index is 9.85. The summed E-state index contributed by atoms with van der Waals surface area (Å²) < 4.78 is 19.7. The molecule has 11 heavy (non-hydrogen) atoms. The molecule has 0 aliphatic rings. The Morgan fingerprint density at radius 1 is 1.00 bits per heavy atom. The van der Waals surface area contributed by atoms with E-state index in [0.29, 0.717) is 0 Å². The highest BCUT2D eigenvalue weighted by atomic mass is 31.2. The molecule has 0 aliphatic carbocycles. The Labute approximate surface area is 60.4 Å². The molecule has 0 rings (SSSR count). The van der Waals surface area contributed by atoms with Crippen molar-refractivity contribution in [3.05, 3.63) is 0 Å². The highest BCUT2D eigenvalue weighted by molar-refractivity contribution is 7.70. The molecule has 0 aromatic heterocycles. The Bertz CT molecular complexity index is 204. The maximum absolute atomic E-state index is 9.85. The minimum atomic E-state index is -5.95. The molecule has 0 heterocycles. The third-order valence-electron chi connectivity index (χ3n) is 0.758. The fraction of sp³-hybridized carbons (Fsp3) is 1.00. The van der Waals surface area contributed by atoms with Crippen LogP contribution in [0.3, 0.4) is 0 Å². The molecular weight excluding hydrogens is 202 g/mol. The van der Waals surface area contributed by atoms with Crippen molar-refractivity contribution in [2.24, 2.45) is 0 Å². The van der Waals surface area contributed by atoms with E-state index in [0.717, 1.165) is 0 Å². The van der Waals surface area contributed by atoms with Gasteiger partial charge in [0.25, 0.3) is 5.27 Å². The van der Waals surface area contributed by atoms with Crippen molar-refractivity contribution in [1.82, 2.24) is 0 Å². The molecule has 2 unspecified atom stereocenters. The van der Waals surface area contributed by atoms with Gasteiger partial charge in [0, 0.05) is 0 Å². The molecule has 68 valence electrons. The Morgan fingerprint density at radius 2 is 1.18 bits per heavy atom. The maximum Gasteiger partial charge on any atom is 0.294 e. The molecule has 2 atom stereocenters. The van der Waals surface area contributed by atoms with Gasteiger partial charge in [0.2, 0.25) is 15.2 Å². The quantitative estimate of drug-likeness (QED) is 0.269. The summed E-state index contributed by atoms with van der Waals surface area (Å²) in [5, 5.41) is 11.7. The zero-order valence-electron chi connectivity index (χ0n) is 4.82. The molecule has 0 saturated carbocycles. The summed E-state index contributed by atoms with van der Waals surface area (Å²) >= 11 is 0. The normalized spacial score (nSPS) is 23.8. The summed E-state index contributed by atoms with van der Waals surface area (Å²) in [5.74, 6) is 0. The average Bonchev–Trinajstić information content (AvgIpc) is 1.58. The van der Waals surface area contributed by atoms with Gasteiger partial charge in [-0.15, -0.1) is 0 Å². The number of aliphatic hydroxyl groups is 2. The molecule has 0 aromatic carbocycles. The third-order valence-corrected chi connectivity index (χ3v) is 3.79. The lowest BCUT2D eigenvalue weighted by atomic mass is 11.5. The Morgan fingerprint density at radius 3 is 1.18 bits per heavy atom. The Hall–Kier alpha value is 0.220. The van der Waals surface area contributed by atoms with E-state index < -0.39 is 20.5 Å². The standard InChI is InChI=1S/CH6O8P2/c2-1(3,10(4,5)6)11(7,8)9/h2-3H,(H2,4,5,6)(H2,7,8,9)/p-2. The van der Waals surface area contributed by atoms with Crippen LogP contribution in [0.4, 0.5) is 0 Å². The predicted molar refractivity (Wildman–Crippen MR) is 26.8 cm³/mol. The van der Waals surface area contributed by atoms with Crippen LogP contribution in [-0.4, -0.2) is 25.3 Å². The van der Waals surface area contributed by atoms with Gasteiger partial charge < -0.3 is 38.9 Å². The summed E-state index contributed by atoms with van der Waals surface area (Å²) in [5.41, 5.74) is 0. The molecular formula is CH4O8P2-2. The lowest BCUT2D eigenvalue weighted by Crippen LogP contribution is -2.36. The van der Waals surface area contributed by atoms with E-state index in [-0.39, 0.29) is 0 Å². The fourth-order valence-corrected chi connectivity index (χ4v) is 1.44. The lowest BCUT2D eigenvalue weighted by molar-refractivity contribution is -0.252. The minimum Gasteiger partial charge on any atom is -0.774 e. The van der Waals surface area contributed by atoms with Gasteiger partial charge in [-0.2, -0.15) is 0 Å². The van der Waals surface area contributed by atoms with Crippen LogP contribution >= 0.6 is 15.2 Å². The highest BCUT2D eigenvalue weighted by Gasteiger charge is 2.45. The number of hydrogen-bond donors (Lipinski definition) is 4. The highest BCUT2D eigenvalue weighted by Crippen LogP contribution is 2.61. The monoisotopic (exact) mass is 206 g/mol. The molecule has 8 nitrogen and oxygen atoms in total. The number of hydrogen-bond acceptors (Lipinski definition) is 6. The van der Waals surface area contributed by atoms with Crippen LogP contribution in [0, 0.1) is 0 Å². The molecule has 0 aliphatic heterocycles. The van der Waals surface area contributed by atoms with Crippen LogP contribution < -0.4 is 9.79 Å². The van der Waals surface area contributed by atoms with Gasteiger partial charge in [-0.05, 0) is 0 Å². The lowest BCUT2D eigenvalue weighted by Gasteiger charge is -2.36. The second-order valence-electron chi connectivity index (χ2n) is 1.64. The smallest absolute Gasteiger partial charge is 0.294 e. The van der Waals surface area contributed by atoms with Gasteiger partial charge in [0.05, 0.1) is 0 Å². The van der Waals surface area contributed by atoms with E-state index >= 15 is 0 Å². The van der Waals surface area contributed by atoms with Gasteiger partial charge in [-0.3, -0.25) is 0 Å². The summed E-state index contributed by atoms with van der Waals surface area (Å²) in [6, 6.07) is 0. The van der Waals surface area contributed by atoms with Gasteiger partial charge in [0.15, 0.2) is 0 Å². The van der Waals surface area contributed by atoms with Crippen molar-refractivity contribution in [3.8, 4) is 0 Å². The van der Waals surface area contributed by atoms with E-state index in [4.69, 9.17) is 20.0 Å². The van der Waals surface area contributed by atoms with Crippen LogP contribution in [0.15, 0.2) is 0 Å². The Kier molecular flexibility index (Phi) is 2.67. The first kappa shape index (κ1) is 11.2. The first-order chi connectivity index (χ1) is 4.50. The summed E-state index contributed by atoms with van der Waals surface area (Å²) in [7, 11) is -11.9. The van der Waals surface area contributed by atoms with Crippen molar-refractivity contribution >= 4 is 15.2 Å². The third kappa shape index (κ3) is 2.08. The second-order valence-corrected chi connectivity index (χ2v) is 5.32. The zero-order chi connectivity index (χ0) is 9.50. The molecule has 0 fully saturated rings. The van der Waals surface area contributed by atoms with Crippen LogP contribution in [0.2, 0.25) is 0 Å². The van der Waals surface area contributed by atoms with E-state index in [1.54, 1.807) is 0 Å².